The van der Waals surface area contributed by atoms with E-state index in [2.05, 4.69) is 14.8 Å². The first-order chi connectivity index (χ1) is 20.5. The summed E-state index contributed by atoms with van der Waals surface area (Å²) in [5.41, 5.74) is 2.33. The number of hydrogen-bond acceptors (Lipinski definition) is 7. The Balaban J connectivity index is 1.14. The van der Waals surface area contributed by atoms with E-state index in [0.717, 1.165) is 22.6 Å². The van der Waals surface area contributed by atoms with Crippen LogP contribution in [0, 0.1) is 0 Å². The summed E-state index contributed by atoms with van der Waals surface area (Å²) in [5, 5.41) is 0.785. The third-order valence-electron chi connectivity index (χ3n) is 7.27. The summed E-state index contributed by atoms with van der Waals surface area (Å²) in [7, 11) is 0. The zero-order valence-corrected chi connectivity index (χ0v) is 25.0. The van der Waals surface area contributed by atoms with Crippen molar-refractivity contribution in [1.82, 2.24) is 19.8 Å². The molecule has 3 aliphatic heterocycles. The largest absolute Gasteiger partial charge is 0.491 e. The Labute approximate surface area is 250 Å². The highest BCUT2D eigenvalue weighted by atomic mass is 16.7. The second kappa shape index (κ2) is 12.4. The minimum Gasteiger partial charge on any atom is -0.491 e. The van der Waals surface area contributed by atoms with Gasteiger partial charge in [-0.25, -0.2) is 4.79 Å². The van der Waals surface area contributed by atoms with Crippen LogP contribution in [0.1, 0.15) is 59.5 Å². The van der Waals surface area contributed by atoms with E-state index in [1.807, 2.05) is 39.0 Å². The quantitative estimate of drug-likeness (QED) is 0.224. The maximum atomic E-state index is 12.5. The number of ether oxygens (including phenoxy) is 2. The molecule has 2 aromatic carbocycles. The van der Waals surface area contributed by atoms with Crippen molar-refractivity contribution in [2.75, 3.05) is 45.9 Å². The fourth-order valence-electron chi connectivity index (χ4n) is 5.26. The van der Waals surface area contributed by atoms with Gasteiger partial charge in [0.15, 0.2) is 0 Å². The zero-order chi connectivity index (χ0) is 30.7. The van der Waals surface area contributed by atoms with Crippen LogP contribution in [0.25, 0.3) is 0 Å². The monoisotopic (exact) mass is 591 g/mol. The van der Waals surface area contributed by atoms with Crippen LogP contribution in [0.5, 0.6) is 5.75 Å². The fraction of sp³-hybridized carbons (Fsp3) is 0.452. The molecule has 5 rings (SSSR count). The van der Waals surface area contributed by atoms with Gasteiger partial charge in [-0.1, -0.05) is 18.2 Å². The maximum Gasteiger partial charge on any atom is 0.410 e. The summed E-state index contributed by atoms with van der Waals surface area (Å²) in [5.74, 6) is 0.0531. The van der Waals surface area contributed by atoms with E-state index < -0.39 is 17.4 Å². The first-order valence-electron chi connectivity index (χ1n) is 14.4. The highest BCUT2D eigenvalue weighted by Crippen LogP contribution is 2.26. The first kappa shape index (κ1) is 30.0. The summed E-state index contributed by atoms with van der Waals surface area (Å²) in [6.07, 6.45) is 0.393. The average molecular weight is 592 g/mol. The van der Waals surface area contributed by atoms with Crippen molar-refractivity contribution in [3.8, 4) is 5.75 Å². The van der Waals surface area contributed by atoms with Crippen molar-refractivity contribution < 1.29 is 33.5 Å². The van der Waals surface area contributed by atoms with E-state index in [1.165, 1.54) is 6.92 Å². The van der Waals surface area contributed by atoms with Crippen molar-refractivity contribution in [2.45, 2.75) is 46.3 Å². The van der Waals surface area contributed by atoms with Gasteiger partial charge in [-0.2, -0.15) is 4.99 Å². The summed E-state index contributed by atoms with van der Waals surface area (Å²) < 4.78 is 11.4. The minimum absolute atomic E-state index is 0.0302. The molecule has 0 saturated carbocycles. The molecule has 4 amide bonds. The minimum atomic E-state index is -0.558. The molecule has 228 valence electrons. The number of amides is 4. The predicted octanol–water partition coefficient (Wildman–Crippen LogP) is 3.11. The number of piperazine rings is 1. The highest BCUT2D eigenvalue weighted by molar-refractivity contribution is 6.20. The molecule has 0 atom stereocenters. The van der Waals surface area contributed by atoms with Crippen LogP contribution in [0.2, 0.25) is 0 Å². The predicted molar refractivity (Wildman–Crippen MR) is 156 cm³/mol. The molecule has 0 N–H and O–H groups in total. The summed E-state index contributed by atoms with van der Waals surface area (Å²) in [4.78, 5) is 65.1. The maximum absolute atomic E-state index is 12.5. The van der Waals surface area contributed by atoms with Gasteiger partial charge in [0, 0.05) is 46.2 Å². The molecule has 0 aliphatic carbocycles. The lowest BCUT2D eigenvalue weighted by Crippen LogP contribution is -2.56. The number of carbonyl (C=O) groups excluding carboxylic acids is 4. The Morgan fingerprint density at radius 1 is 0.837 bits per heavy atom. The Hall–Kier alpha value is -4.45. The SMILES string of the molecule is CC(=O)N=C(N1CCN(C(=O)OC(C)(C)C)CC1)N1CCc2cc(OCCON3C(=O)c4ccccc4C3=O)ccc2C1. The van der Waals surface area contributed by atoms with Gasteiger partial charge in [-0.3, -0.25) is 19.2 Å². The van der Waals surface area contributed by atoms with E-state index in [4.69, 9.17) is 14.3 Å². The van der Waals surface area contributed by atoms with E-state index in [-0.39, 0.29) is 25.2 Å². The molecule has 43 heavy (non-hydrogen) atoms. The van der Waals surface area contributed by atoms with Crippen LogP contribution in [0.15, 0.2) is 47.5 Å². The third kappa shape index (κ3) is 6.96. The molecule has 0 spiro atoms. The van der Waals surface area contributed by atoms with Crippen molar-refractivity contribution in [3.05, 3.63) is 64.7 Å². The van der Waals surface area contributed by atoms with Crippen molar-refractivity contribution in [1.29, 1.82) is 0 Å². The van der Waals surface area contributed by atoms with Crippen LogP contribution in [-0.2, 0) is 27.3 Å². The van der Waals surface area contributed by atoms with E-state index >= 15 is 0 Å². The van der Waals surface area contributed by atoms with Gasteiger partial charge < -0.3 is 24.2 Å². The molecule has 0 aromatic heterocycles. The van der Waals surface area contributed by atoms with Crippen LogP contribution in [0.4, 0.5) is 4.79 Å². The van der Waals surface area contributed by atoms with Crippen molar-refractivity contribution in [3.63, 3.8) is 0 Å². The van der Waals surface area contributed by atoms with E-state index in [1.54, 1.807) is 29.2 Å². The first-order valence-corrected chi connectivity index (χ1v) is 14.4. The van der Waals surface area contributed by atoms with Crippen LogP contribution >= 0.6 is 0 Å². The molecule has 1 fully saturated rings. The lowest BCUT2D eigenvalue weighted by atomic mass is 9.99. The smallest absolute Gasteiger partial charge is 0.410 e. The van der Waals surface area contributed by atoms with Gasteiger partial charge in [-0.15, -0.1) is 5.06 Å². The topological polar surface area (TPSA) is 121 Å². The molecule has 12 heteroatoms. The standard InChI is InChI=1S/C31H37N5O7/c1-21(37)32-29(33-13-15-34(16-14-33)30(40)43-31(2,3)4)35-12-11-22-19-24(10-9-23(22)20-35)41-17-18-42-36-27(38)25-7-5-6-8-26(25)28(36)39/h5-10,19H,11-18,20H2,1-4H3. The van der Waals surface area contributed by atoms with Gasteiger partial charge >= 0.3 is 6.09 Å². The second-order valence-corrected chi connectivity index (χ2v) is 11.6. The molecule has 1 saturated heterocycles. The Morgan fingerprint density at radius 2 is 1.49 bits per heavy atom. The van der Waals surface area contributed by atoms with E-state index in [0.29, 0.717) is 62.1 Å². The average Bonchev–Trinajstić information content (AvgIpc) is 3.21. The number of imide groups is 1. The number of nitrogens with zero attached hydrogens (tertiary/aromatic N) is 5. The molecule has 3 aliphatic rings. The summed E-state index contributed by atoms with van der Waals surface area (Å²) in [6.45, 7) is 10.5. The van der Waals surface area contributed by atoms with Gasteiger partial charge in [0.2, 0.25) is 11.9 Å². The molecular weight excluding hydrogens is 554 g/mol. The Morgan fingerprint density at radius 3 is 2.12 bits per heavy atom. The third-order valence-corrected chi connectivity index (χ3v) is 7.27. The van der Waals surface area contributed by atoms with Crippen molar-refractivity contribution in [2.24, 2.45) is 4.99 Å². The number of fused-ring (bicyclic) bond motifs is 2. The van der Waals surface area contributed by atoms with E-state index in [9.17, 15) is 19.2 Å². The molecule has 2 aromatic rings. The number of carbonyl (C=O) groups is 4. The molecule has 0 bridgehead atoms. The number of aliphatic imine (C=N–C) groups is 1. The Bertz CT molecular complexity index is 1410. The number of rotatable bonds is 5. The van der Waals surface area contributed by atoms with Crippen LogP contribution in [0.3, 0.4) is 0 Å². The number of hydroxylamine groups is 2. The van der Waals surface area contributed by atoms with Gasteiger partial charge in [0.1, 0.15) is 24.6 Å². The van der Waals surface area contributed by atoms with Gasteiger partial charge in [-0.05, 0) is 62.6 Å². The molecule has 3 heterocycles. The Kier molecular flexibility index (Phi) is 8.67. The highest BCUT2D eigenvalue weighted by Gasteiger charge is 2.36. The lowest BCUT2D eigenvalue weighted by molar-refractivity contribution is -0.115. The fourth-order valence-corrected chi connectivity index (χ4v) is 5.26. The molecular formula is C31H37N5O7. The van der Waals surface area contributed by atoms with Crippen LogP contribution in [-0.4, -0.2) is 101 Å². The second-order valence-electron chi connectivity index (χ2n) is 11.6. The van der Waals surface area contributed by atoms with Crippen LogP contribution < -0.4 is 4.74 Å². The number of benzene rings is 2. The number of guanidine groups is 1. The zero-order valence-electron chi connectivity index (χ0n) is 25.0. The molecule has 0 radical (unpaired) electrons. The molecule has 0 unspecified atom stereocenters. The summed E-state index contributed by atoms with van der Waals surface area (Å²) >= 11 is 0. The summed E-state index contributed by atoms with van der Waals surface area (Å²) in [6, 6.07) is 12.5. The van der Waals surface area contributed by atoms with Gasteiger partial charge in [0.25, 0.3) is 11.8 Å². The normalized spacial score (nSPS) is 17.2. The number of hydrogen-bond donors (Lipinski definition) is 0. The molecule has 12 nitrogen and oxygen atoms in total. The van der Waals surface area contributed by atoms with Gasteiger partial charge in [0.05, 0.1) is 11.1 Å². The lowest BCUT2D eigenvalue weighted by Gasteiger charge is -2.41. The van der Waals surface area contributed by atoms with Crippen molar-refractivity contribution >= 4 is 29.8 Å².